The van der Waals surface area contributed by atoms with E-state index >= 15 is 0 Å². The molecule has 1 aliphatic rings. The minimum atomic E-state index is -3.58. The van der Waals surface area contributed by atoms with Crippen LogP contribution in [0.1, 0.15) is 11.5 Å². The Kier molecular flexibility index (Phi) is 7.74. The van der Waals surface area contributed by atoms with Crippen LogP contribution in [0.4, 0.5) is 5.69 Å². The zero-order chi connectivity index (χ0) is 26.1. The summed E-state index contributed by atoms with van der Waals surface area (Å²) in [6.07, 6.45) is 1.05. The molecule has 182 valence electrons. The van der Waals surface area contributed by atoms with E-state index in [2.05, 4.69) is 37.9 Å². The molecule has 2 N–H and O–H groups in total. The number of nitrogens with two attached hydrogens (primary N) is 1. The van der Waals surface area contributed by atoms with Crippen molar-refractivity contribution in [2.75, 3.05) is 25.4 Å². The third-order valence-corrected chi connectivity index (χ3v) is 7.55. The second kappa shape index (κ2) is 10.2. The van der Waals surface area contributed by atoms with Gasteiger partial charge in [-0.25, -0.2) is 18.0 Å². The van der Waals surface area contributed by atoms with Crippen molar-refractivity contribution in [2.45, 2.75) is 10.8 Å². The first-order valence-corrected chi connectivity index (χ1v) is 13.3. The van der Waals surface area contributed by atoms with Gasteiger partial charge >= 0.3 is 11.9 Å². The maximum atomic E-state index is 13.1. The van der Waals surface area contributed by atoms with E-state index < -0.39 is 27.7 Å². The van der Waals surface area contributed by atoms with Gasteiger partial charge < -0.3 is 15.2 Å². The van der Waals surface area contributed by atoms with Crippen LogP contribution in [0.2, 0.25) is 0 Å². The molecule has 0 saturated heterocycles. The predicted octanol–water partition coefficient (Wildman–Crippen LogP) is 3.51. The molecule has 0 fully saturated rings. The molecule has 2 aromatic rings. The third-order valence-electron chi connectivity index (χ3n) is 5.25. The molecule has 1 unspecified atom stereocenters. The molecule has 3 rings (SSSR count). The van der Waals surface area contributed by atoms with Crippen LogP contribution in [0.15, 0.2) is 79.0 Å². The summed E-state index contributed by atoms with van der Waals surface area (Å²) in [5.41, 5.74) is 6.71. The lowest BCUT2D eigenvalue weighted by atomic mass is 9.81. The zero-order valence-corrected chi connectivity index (χ0v) is 22.7. The van der Waals surface area contributed by atoms with Crippen molar-refractivity contribution in [3.8, 4) is 6.07 Å². The van der Waals surface area contributed by atoms with Crippen molar-refractivity contribution < 1.29 is 27.5 Å². The molecule has 0 aliphatic carbocycles. The number of carbonyl (C=O) groups excluding carboxylic acids is 2. The number of allylic oxidation sites excluding steroid dienone is 1. The number of nitriles is 1. The minimum absolute atomic E-state index is 0.0148. The van der Waals surface area contributed by atoms with Gasteiger partial charge in [-0.15, -0.1) is 0 Å². The van der Waals surface area contributed by atoms with Crippen LogP contribution >= 0.6 is 31.9 Å². The maximum Gasteiger partial charge on any atom is 0.355 e. The number of sulfone groups is 1. The Morgan fingerprint density at radius 3 is 2.06 bits per heavy atom. The molecule has 0 radical (unpaired) electrons. The van der Waals surface area contributed by atoms with Crippen molar-refractivity contribution in [3.63, 3.8) is 0 Å². The number of benzene rings is 2. The van der Waals surface area contributed by atoms with E-state index in [4.69, 9.17) is 15.2 Å². The molecule has 0 saturated carbocycles. The van der Waals surface area contributed by atoms with Crippen molar-refractivity contribution in [3.05, 3.63) is 79.6 Å². The van der Waals surface area contributed by atoms with Crippen LogP contribution in [0.25, 0.3) is 0 Å². The molecular formula is C23H19Br2N3O6S. The molecule has 0 aromatic heterocycles. The van der Waals surface area contributed by atoms with Gasteiger partial charge in [0.2, 0.25) is 0 Å². The number of rotatable bonds is 5. The molecule has 12 heteroatoms. The highest BCUT2D eigenvalue weighted by atomic mass is 79.9. The number of carbonyl (C=O) groups is 2. The molecule has 1 atom stereocenters. The van der Waals surface area contributed by atoms with E-state index in [9.17, 15) is 23.3 Å². The highest BCUT2D eigenvalue weighted by molar-refractivity contribution is 9.11. The maximum absolute atomic E-state index is 13.1. The van der Waals surface area contributed by atoms with Crippen molar-refractivity contribution in [2.24, 2.45) is 5.73 Å². The average molecular weight is 625 g/mol. The van der Waals surface area contributed by atoms with Crippen LogP contribution in [0.5, 0.6) is 0 Å². The van der Waals surface area contributed by atoms with E-state index in [1.165, 1.54) is 17.0 Å². The van der Waals surface area contributed by atoms with Gasteiger partial charge in [-0.05, 0) is 49.6 Å². The fourth-order valence-electron chi connectivity index (χ4n) is 3.72. The number of hydrogen-bond donors (Lipinski definition) is 1. The summed E-state index contributed by atoms with van der Waals surface area (Å²) >= 11 is 6.68. The van der Waals surface area contributed by atoms with E-state index in [1.54, 1.807) is 30.3 Å². The number of esters is 2. The van der Waals surface area contributed by atoms with Crippen molar-refractivity contribution >= 4 is 59.3 Å². The summed E-state index contributed by atoms with van der Waals surface area (Å²) in [6, 6.07) is 13.3. The standard InChI is InChI=1S/C23H19Br2N3O6S/c1-33-22(29)18-17(12-7-5-4-6-8-12)14(11-26)21(27)28(20(18)23(30)34-2)19-15(24)9-13(10-16(19)25)35(3,31)32/h4-10,17H,27H2,1-3H3. The number of ether oxygens (including phenoxy) is 2. The van der Waals surface area contributed by atoms with Crippen LogP contribution in [-0.2, 0) is 28.9 Å². The van der Waals surface area contributed by atoms with Gasteiger partial charge in [-0.2, -0.15) is 5.26 Å². The van der Waals surface area contributed by atoms with Crippen LogP contribution < -0.4 is 10.6 Å². The Morgan fingerprint density at radius 1 is 1.06 bits per heavy atom. The Balaban J connectivity index is 2.48. The Bertz CT molecular complexity index is 1410. The van der Waals surface area contributed by atoms with E-state index in [1.807, 2.05) is 0 Å². The molecule has 35 heavy (non-hydrogen) atoms. The molecule has 1 aliphatic heterocycles. The lowest BCUT2D eigenvalue weighted by molar-refractivity contribution is -0.139. The SMILES string of the molecule is COC(=O)C1=C(C(=O)OC)N(c2c(Br)cc(S(C)(=O)=O)cc2Br)C(N)=C(C#N)C1c1ccccc1. The van der Waals surface area contributed by atoms with Gasteiger partial charge in [0.05, 0.1) is 47.9 Å². The molecule has 9 nitrogen and oxygen atoms in total. The van der Waals surface area contributed by atoms with Gasteiger partial charge in [0.15, 0.2) is 9.84 Å². The summed E-state index contributed by atoms with van der Waals surface area (Å²) in [4.78, 5) is 27.4. The number of methoxy groups -OCH3 is 2. The Morgan fingerprint density at radius 2 is 1.60 bits per heavy atom. The topological polar surface area (TPSA) is 140 Å². The van der Waals surface area contributed by atoms with E-state index in [-0.39, 0.29) is 42.2 Å². The summed E-state index contributed by atoms with van der Waals surface area (Å²) in [5.74, 6) is -2.96. The molecule has 0 amide bonds. The highest BCUT2D eigenvalue weighted by Crippen LogP contribution is 2.47. The van der Waals surface area contributed by atoms with Gasteiger partial charge in [0.1, 0.15) is 11.5 Å². The predicted molar refractivity (Wildman–Crippen MR) is 134 cm³/mol. The second-order valence-corrected chi connectivity index (χ2v) is 11.1. The summed E-state index contributed by atoms with van der Waals surface area (Å²) in [7, 11) is -1.30. The summed E-state index contributed by atoms with van der Waals surface area (Å²) < 4.78 is 34.6. The largest absolute Gasteiger partial charge is 0.466 e. The summed E-state index contributed by atoms with van der Waals surface area (Å²) in [5, 5.41) is 10.1. The summed E-state index contributed by atoms with van der Waals surface area (Å²) in [6.45, 7) is 0. The van der Waals surface area contributed by atoms with Crippen molar-refractivity contribution in [1.29, 1.82) is 5.26 Å². The lowest BCUT2D eigenvalue weighted by Crippen LogP contribution is -2.41. The second-order valence-electron chi connectivity index (χ2n) is 7.34. The fourth-order valence-corrected chi connectivity index (χ4v) is 6.22. The average Bonchev–Trinajstić information content (AvgIpc) is 2.82. The monoisotopic (exact) mass is 623 g/mol. The molecule has 2 aromatic carbocycles. The first-order chi connectivity index (χ1) is 16.5. The van der Waals surface area contributed by atoms with Crippen molar-refractivity contribution in [1.82, 2.24) is 0 Å². The van der Waals surface area contributed by atoms with E-state index in [0.29, 0.717) is 5.56 Å². The lowest BCUT2D eigenvalue weighted by Gasteiger charge is -2.36. The molecule has 0 spiro atoms. The van der Waals surface area contributed by atoms with Crippen LogP contribution in [0.3, 0.4) is 0 Å². The molecule has 0 bridgehead atoms. The van der Waals surface area contributed by atoms with Gasteiger partial charge in [-0.1, -0.05) is 30.3 Å². The number of anilines is 1. The van der Waals surface area contributed by atoms with Gasteiger partial charge in [0.25, 0.3) is 0 Å². The number of hydrogen-bond acceptors (Lipinski definition) is 9. The zero-order valence-electron chi connectivity index (χ0n) is 18.7. The molecule has 1 heterocycles. The van der Waals surface area contributed by atoms with Crippen LogP contribution in [0, 0.1) is 11.3 Å². The smallest absolute Gasteiger partial charge is 0.355 e. The Labute approximate surface area is 219 Å². The van der Waals surface area contributed by atoms with Gasteiger partial charge in [0, 0.05) is 15.2 Å². The fraction of sp³-hybridized carbons (Fsp3) is 0.174. The quantitative estimate of drug-likeness (QED) is 0.495. The van der Waals surface area contributed by atoms with E-state index in [0.717, 1.165) is 20.5 Å². The number of halogens is 2. The normalized spacial score (nSPS) is 16.1. The third kappa shape index (κ3) is 4.84. The molecular weight excluding hydrogens is 606 g/mol. The Hall–Kier alpha value is -3.14. The number of nitrogens with zero attached hydrogens (tertiary/aromatic N) is 2. The first kappa shape index (κ1) is 26.5. The first-order valence-electron chi connectivity index (χ1n) is 9.82. The minimum Gasteiger partial charge on any atom is -0.466 e. The van der Waals surface area contributed by atoms with Crippen LogP contribution in [-0.4, -0.2) is 40.8 Å². The highest BCUT2D eigenvalue weighted by Gasteiger charge is 2.44. The van der Waals surface area contributed by atoms with Gasteiger partial charge in [-0.3, -0.25) is 4.90 Å².